The van der Waals surface area contributed by atoms with Gasteiger partial charge >= 0.3 is 0 Å². The number of anilines is 4. The van der Waals surface area contributed by atoms with Gasteiger partial charge < -0.3 is 60.1 Å². The van der Waals surface area contributed by atoms with Gasteiger partial charge in [0.25, 0.3) is 5.91 Å². The van der Waals surface area contributed by atoms with Crippen molar-refractivity contribution in [3.8, 4) is 28.7 Å². The second-order valence-electron chi connectivity index (χ2n) is 22.4. The van der Waals surface area contributed by atoms with Gasteiger partial charge in [-0.05, 0) is 96.9 Å². The molecule has 0 radical (unpaired) electrons. The fourth-order valence-corrected chi connectivity index (χ4v) is 11.3. The van der Waals surface area contributed by atoms with Gasteiger partial charge in [-0.2, -0.15) is 33.5 Å². The van der Waals surface area contributed by atoms with Crippen LogP contribution < -0.4 is 55.6 Å². The molecular formula is C66H78N12O11S2. The Bertz CT molecular complexity index is 3560. The first-order valence-corrected chi connectivity index (χ1v) is 32.9. The molecule has 4 aliphatic rings. The zero-order valence-electron chi connectivity index (χ0n) is 52.4. The summed E-state index contributed by atoms with van der Waals surface area (Å²) in [6, 6.07) is 22.2. The van der Waals surface area contributed by atoms with E-state index in [1.807, 2.05) is 106 Å². The van der Waals surface area contributed by atoms with Crippen molar-refractivity contribution in [2.24, 2.45) is 15.9 Å². The highest BCUT2D eigenvalue weighted by Crippen LogP contribution is 2.42. The Balaban J connectivity index is 0.714. The van der Waals surface area contributed by atoms with Gasteiger partial charge in [0, 0.05) is 111 Å². The monoisotopic (exact) mass is 1280 g/mol. The third-order valence-electron chi connectivity index (χ3n) is 15.5. The molecule has 5 heterocycles. The smallest absolute Gasteiger partial charge is 0.260 e. The summed E-state index contributed by atoms with van der Waals surface area (Å²) in [6.45, 7) is 6.73. The molecule has 4 atom stereocenters. The second kappa shape index (κ2) is 31.6. The summed E-state index contributed by atoms with van der Waals surface area (Å²) in [6.07, 6.45) is 14.5. The molecule has 5 aromatic rings. The predicted molar refractivity (Wildman–Crippen MR) is 358 cm³/mol. The topological polar surface area (TPSA) is 278 Å². The number of methoxy groups -OCH3 is 3. The molecule has 0 aliphatic carbocycles. The highest BCUT2D eigenvalue weighted by Gasteiger charge is 2.34. The van der Waals surface area contributed by atoms with Crippen molar-refractivity contribution in [1.82, 2.24) is 30.4 Å². The molecule has 9 rings (SSSR count). The Morgan fingerprint density at radius 3 is 1.91 bits per heavy atom. The molecule has 4 aromatic carbocycles. The van der Waals surface area contributed by atoms with Gasteiger partial charge in [-0.1, -0.05) is 38.1 Å². The maximum absolute atomic E-state index is 13.9. The fraction of sp³-hybridized carbons (Fsp3) is 0.394. The minimum Gasteiger partial charge on any atom is -0.497 e. The number of amides is 6. The van der Waals surface area contributed by atoms with E-state index in [2.05, 4.69) is 53.0 Å². The van der Waals surface area contributed by atoms with Crippen LogP contribution >= 0.6 is 23.5 Å². The molecule has 25 heteroatoms. The van der Waals surface area contributed by atoms with Crippen LogP contribution in [0.1, 0.15) is 92.8 Å². The van der Waals surface area contributed by atoms with Crippen molar-refractivity contribution in [3.05, 3.63) is 114 Å². The highest BCUT2D eigenvalue weighted by atomic mass is 32.2. The molecule has 6 N–H and O–H groups in total. The maximum atomic E-state index is 13.9. The number of hydrogen-bond donors (Lipinski definition) is 6. The average Bonchev–Trinajstić information content (AvgIpc) is 1.98. The normalized spacial score (nSPS) is 15.9. The first-order chi connectivity index (χ1) is 44.0. The van der Waals surface area contributed by atoms with Gasteiger partial charge in [-0.25, -0.2) is 0 Å². The lowest BCUT2D eigenvalue weighted by atomic mass is 10.0. The quantitative estimate of drug-likeness (QED) is 0.0233. The Morgan fingerprint density at radius 2 is 1.24 bits per heavy atom. The summed E-state index contributed by atoms with van der Waals surface area (Å²) in [5, 5.41) is 17.1. The summed E-state index contributed by atoms with van der Waals surface area (Å²) in [4.78, 5) is 101. The van der Waals surface area contributed by atoms with Crippen LogP contribution in [-0.4, -0.2) is 157 Å². The minimum absolute atomic E-state index is 0.00235. The van der Waals surface area contributed by atoms with Crippen LogP contribution in [0.5, 0.6) is 28.7 Å². The number of thioether (sulfide) groups is 2. The van der Waals surface area contributed by atoms with E-state index in [9.17, 15) is 28.8 Å². The van der Waals surface area contributed by atoms with Crippen molar-refractivity contribution < 1.29 is 52.5 Å². The molecular weight excluding hydrogens is 1200 g/mol. The molecule has 1 aromatic heterocycles. The third-order valence-corrected chi connectivity index (χ3v) is 16.7. The summed E-state index contributed by atoms with van der Waals surface area (Å²) in [5.74, 6) is 2.47. The lowest BCUT2D eigenvalue weighted by molar-refractivity contribution is -0.131. The molecule has 0 bridgehead atoms. The zero-order valence-corrected chi connectivity index (χ0v) is 54.0. The van der Waals surface area contributed by atoms with Gasteiger partial charge in [0.05, 0.1) is 63.6 Å². The van der Waals surface area contributed by atoms with Crippen molar-refractivity contribution in [2.45, 2.75) is 96.4 Å². The Labute approximate surface area is 538 Å². The SMILES string of the molecule is COc1ccc(C2=CN3C(=O)c4cc(OC)c(OCCCOc5cc6c(cc5OC)CN5C=C(c7ccc(NC(=O)[C@H](C)NC(=O)[C@@H](NC(=O)CCCNc8cc(NC(=O)CCSC)nc(NC(=O)CCSC)n8)C(C)C)cc7)C[C@H]5C=N6)cc4N=C[C@@H]3C2)cc1. The summed E-state index contributed by atoms with van der Waals surface area (Å²) in [5.41, 5.74) is 7.40. The van der Waals surface area contributed by atoms with E-state index in [4.69, 9.17) is 33.7 Å². The highest BCUT2D eigenvalue weighted by molar-refractivity contribution is 7.98. The Hall–Kier alpha value is -9.10. The number of carbonyl (C=O) groups excluding carboxylic acids is 6. The number of ether oxygens (including phenoxy) is 5. The van der Waals surface area contributed by atoms with Gasteiger partial charge in [0.2, 0.25) is 35.5 Å². The second-order valence-corrected chi connectivity index (χ2v) is 24.4. The van der Waals surface area contributed by atoms with Gasteiger partial charge in [0.1, 0.15) is 29.5 Å². The Morgan fingerprint density at radius 1 is 0.626 bits per heavy atom. The van der Waals surface area contributed by atoms with Gasteiger partial charge in [0.15, 0.2) is 23.0 Å². The van der Waals surface area contributed by atoms with Crippen LogP contribution in [0.4, 0.5) is 34.6 Å². The van der Waals surface area contributed by atoms with E-state index in [-0.39, 0.29) is 66.2 Å². The molecule has 0 fully saturated rings. The summed E-state index contributed by atoms with van der Waals surface area (Å²) < 4.78 is 29.3. The number of aliphatic imine (C=N–C) groups is 2. The van der Waals surface area contributed by atoms with Crippen LogP contribution in [0.15, 0.2) is 101 Å². The molecule has 4 aliphatic heterocycles. The number of nitrogens with zero attached hydrogens (tertiary/aromatic N) is 6. The molecule has 0 saturated heterocycles. The predicted octanol–water partition coefficient (Wildman–Crippen LogP) is 9.51. The maximum Gasteiger partial charge on any atom is 0.260 e. The number of aromatic nitrogens is 2. The van der Waals surface area contributed by atoms with Crippen molar-refractivity contribution >= 4 is 117 Å². The van der Waals surface area contributed by atoms with E-state index < -0.39 is 23.9 Å². The van der Waals surface area contributed by atoms with Crippen LogP contribution in [0.2, 0.25) is 0 Å². The van der Waals surface area contributed by atoms with E-state index in [0.29, 0.717) is 116 Å². The van der Waals surface area contributed by atoms with Crippen LogP contribution in [0, 0.1) is 5.92 Å². The van der Waals surface area contributed by atoms with E-state index >= 15 is 0 Å². The number of rotatable bonds is 30. The lowest BCUT2D eigenvalue weighted by Crippen LogP contribution is -2.53. The van der Waals surface area contributed by atoms with Crippen LogP contribution in [-0.2, 0) is 30.5 Å². The Kier molecular flexibility index (Phi) is 23.0. The van der Waals surface area contributed by atoms with Crippen molar-refractivity contribution in [2.75, 3.05) is 86.4 Å². The molecule has 91 heavy (non-hydrogen) atoms. The van der Waals surface area contributed by atoms with E-state index in [0.717, 1.165) is 39.3 Å². The number of carbonyl (C=O) groups is 6. The number of nitrogens with one attached hydrogen (secondary N) is 6. The van der Waals surface area contributed by atoms with Crippen molar-refractivity contribution in [1.29, 1.82) is 0 Å². The largest absolute Gasteiger partial charge is 0.497 e. The number of hydrogen-bond acceptors (Lipinski definition) is 19. The summed E-state index contributed by atoms with van der Waals surface area (Å²) in [7, 11) is 4.79. The fourth-order valence-electron chi connectivity index (χ4n) is 10.5. The molecule has 480 valence electrons. The van der Waals surface area contributed by atoms with Gasteiger partial charge in [-0.3, -0.25) is 44.1 Å². The van der Waals surface area contributed by atoms with Crippen LogP contribution in [0.25, 0.3) is 11.1 Å². The standard InChI is InChI=1S/C66H78N12O11S2/c1-39(2)62(75-59(79)11-9-22-67-57-33-58(72-60(80)20-25-90-7)74-66(73-57)76-61(81)21-26-91-8)64(83)70-40(3)63(82)71-46-16-12-41(13-17-46)43-27-47-34-68-51-31-55(53(86-5)29-45(51)37-77(47)36-43)88-23-10-24-89-56-32-52-50(30-54(56)87-6)65(84)78-38-44(28-48(78)35-69-52)42-14-18-49(85-4)19-15-42/h12-19,29-36,38-40,47-48,62H,9-11,20-28,37H2,1-8H3,(H,70,83)(H,71,82)(H,75,79)(H3,67,72,73,74,76,80,81)/t40-,47-,48-,62-/m0/s1. The number of benzene rings is 4. The first kappa shape index (κ1) is 66.3. The third kappa shape index (κ3) is 17.4. The summed E-state index contributed by atoms with van der Waals surface area (Å²) >= 11 is 3.08. The lowest BCUT2D eigenvalue weighted by Gasteiger charge is -2.24. The van der Waals surface area contributed by atoms with E-state index in [1.54, 1.807) is 63.1 Å². The van der Waals surface area contributed by atoms with Gasteiger partial charge in [-0.15, -0.1) is 0 Å². The van der Waals surface area contributed by atoms with Crippen LogP contribution in [0.3, 0.4) is 0 Å². The molecule has 0 spiro atoms. The molecule has 0 saturated carbocycles. The minimum atomic E-state index is -0.920. The average molecular weight is 1280 g/mol. The molecule has 23 nitrogen and oxygen atoms in total. The zero-order chi connectivity index (χ0) is 64.6. The van der Waals surface area contributed by atoms with E-state index in [1.165, 1.54) is 11.8 Å². The molecule has 0 unspecified atom stereocenters. The molecule has 6 amide bonds. The first-order valence-electron chi connectivity index (χ1n) is 30.2. The van der Waals surface area contributed by atoms with Crippen molar-refractivity contribution in [3.63, 3.8) is 0 Å². The number of fused-ring (bicyclic) bond motifs is 4.